The topological polar surface area (TPSA) is 74.3 Å². The van der Waals surface area contributed by atoms with Crippen molar-refractivity contribution in [2.24, 2.45) is 0 Å². The number of rotatable bonds is 6. The maximum Gasteiger partial charge on any atom is 0.191 e. The SMILES string of the molecule is COc1cc(O)cc(NC(C(=O)c2c[nH]c3ccccc23)c2ccccc2)c1. The number of carbonyl (C=O) groups is 1. The third-order valence-electron chi connectivity index (χ3n) is 4.69. The average molecular weight is 372 g/mol. The maximum absolute atomic E-state index is 13.5. The van der Waals surface area contributed by atoms with Gasteiger partial charge in [-0.25, -0.2) is 0 Å². The van der Waals surface area contributed by atoms with Crippen molar-refractivity contribution in [1.82, 2.24) is 4.98 Å². The number of ether oxygens (including phenoxy) is 1. The molecule has 0 fully saturated rings. The number of fused-ring (bicyclic) bond motifs is 1. The predicted octanol–water partition coefficient (Wildman–Crippen LogP) is 4.92. The van der Waals surface area contributed by atoms with Crippen LogP contribution in [-0.2, 0) is 0 Å². The van der Waals surface area contributed by atoms with E-state index in [1.807, 2.05) is 54.6 Å². The second-order valence-electron chi connectivity index (χ2n) is 6.52. The lowest BCUT2D eigenvalue weighted by Gasteiger charge is -2.20. The van der Waals surface area contributed by atoms with Crippen molar-refractivity contribution in [3.8, 4) is 11.5 Å². The fourth-order valence-electron chi connectivity index (χ4n) is 3.33. The highest BCUT2D eigenvalue weighted by molar-refractivity contribution is 6.11. The lowest BCUT2D eigenvalue weighted by atomic mass is 9.96. The van der Waals surface area contributed by atoms with Gasteiger partial charge in [0.2, 0.25) is 0 Å². The van der Waals surface area contributed by atoms with Crippen LogP contribution in [0.25, 0.3) is 10.9 Å². The fraction of sp³-hybridized carbons (Fsp3) is 0.0870. The fourth-order valence-corrected chi connectivity index (χ4v) is 3.33. The number of aromatic hydroxyl groups is 1. The van der Waals surface area contributed by atoms with Crippen LogP contribution in [0.15, 0.2) is 79.0 Å². The number of hydrogen-bond donors (Lipinski definition) is 3. The van der Waals surface area contributed by atoms with Crippen molar-refractivity contribution >= 4 is 22.4 Å². The van der Waals surface area contributed by atoms with Gasteiger partial charge in [-0.05, 0) is 11.6 Å². The molecule has 0 aliphatic heterocycles. The van der Waals surface area contributed by atoms with Crippen LogP contribution < -0.4 is 10.1 Å². The van der Waals surface area contributed by atoms with Crippen LogP contribution in [-0.4, -0.2) is 23.0 Å². The van der Waals surface area contributed by atoms with Gasteiger partial charge in [-0.1, -0.05) is 48.5 Å². The molecule has 0 radical (unpaired) electrons. The number of benzene rings is 3. The van der Waals surface area contributed by atoms with E-state index in [9.17, 15) is 9.90 Å². The highest BCUT2D eigenvalue weighted by atomic mass is 16.5. The van der Waals surface area contributed by atoms with E-state index in [-0.39, 0.29) is 11.5 Å². The van der Waals surface area contributed by atoms with Crippen LogP contribution in [0, 0.1) is 0 Å². The summed E-state index contributed by atoms with van der Waals surface area (Å²) in [6.45, 7) is 0. The summed E-state index contributed by atoms with van der Waals surface area (Å²) in [7, 11) is 1.53. The van der Waals surface area contributed by atoms with Gasteiger partial charge in [-0.3, -0.25) is 4.79 Å². The van der Waals surface area contributed by atoms with E-state index in [0.717, 1.165) is 16.5 Å². The van der Waals surface area contributed by atoms with E-state index in [4.69, 9.17) is 4.74 Å². The number of ketones is 1. The zero-order valence-electron chi connectivity index (χ0n) is 15.3. The first-order valence-electron chi connectivity index (χ1n) is 8.95. The standard InChI is InChI=1S/C23H20N2O3/c1-28-18-12-16(11-17(26)13-18)25-22(15-7-3-2-4-8-15)23(27)20-14-24-21-10-6-5-9-19(20)21/h2-14,22,24-26H,1H3. The number of aromatic amines is 1. The Kier molecular flexibility index (Phi) is 4.72. The molecular formula is C23H20N2O3. The van der Waals surface area contributed by atoms with Gasteiger partial charge in [-0.15, -0.1) is 0 Å². The first kappa shape index (κ1) is 17.7. The first-order valence-corrected chi connectivity index (χ1v) is 8.95. The van der Waals surface area contributed by atoms with E-state index >= 15 is 0 Å². The molecule has 28 heavy (non-hydrogen) atoms. The van der Waals surface area contributed by atoms with Gasteiger partial charge in [0, 0.05) is 46.5 Å². The molecule has 3 N–H and O–H groups in total. The summed E-state index contributed by atoms with van der Waals surface area (Å²) in [5.41, 5.74) is 2.96. The van der Waals surface area contributed by atoms with E-state index in [1.165, 1.54) is 13.2 Å². The van der Waals surface area contributed by atoms with Gasteiger partial charge >= 0.3 is 0 Å². The first-order chi connectivity index (χ1) is 13.7. The molecule has 3 aromatic carbocycles. The summed E-state index contributed by atoms with van der Waals surface area (Å²) in [5.74, 6) is 0.507. The van der Waals surface area contributed by atoms with Crippen LogP contribution in [0.2, 0.25) is 0 Å². The Morgan fingerprint density at radius 2 is 1.79 bits per heavy atom. The molecule has 0 bridgehead atoms. The van der Waals surface area contributed by atoms with Crippen LogP contribution >= 0.6 is 0 Å². The van der Waals surface area contributed by atoms with Crippen molar-refractivity contribution in [3.05, 3.63) is 90.1 Å². The molecule has 0 spiro atoms. The zero-order valence-corrected chi connectivity index (χ0v) is 15.3. The number of hydrogen-bond acceptors (Lipinski definition) is 4. The second-order valence-corrected chi connectivity index (χ2v) is 6.52. The van der Waals surface area contributed by atoms with Crippen LogP contribution in [0.4, 0.5) is 5.69 Å². The molecule has 1 unspecified atom stereocenters. The normalized spacial score (nSPS) is 11.9. The highest BCUT2D eigenvalue weighted by Gasteiger charge is 2.24. The second kappa shape index (κ2) is 7.48. The zero-order chi connectivity index (χ0) is 19.5. The number of para-hydroxylation sites is 1. The molecule has 140 valence electrons. The molecule has 5 heteroatoms. The Morgan fingerprint density at radius 1 is 1.04 bits per heavy atom. The van der Waals surface area contributed by atoms with Gasteiger partial charge < -0.3 is 20.1 Å². The van der Waals surface area contributed by atoms with E-state index in [0.29, 0.717) is 17.0 Å². The molecular weight excluding hydrogens is 352 g/mol. The number of methoxy groups -OCH3 is 1. The molecule has 1 atom stereocenters. The average Bonchev–Trinajstić information content (AvgIpc) is 3.16. The van der Waals surface area contributed by atoms with Crippen molar-refractivity contribution < 1.29 is 14.6 Å². The van der Waals surface area contributed by atoms with Crippen LogP contribution in [0.5, 0.6) is 11.5 Å². The number of H-pyrrole nitrogens is 1. The van der Waals surface area contributed by atoms with Crippen molar-refractivity contribution in [3.63, 3.8) is 0 Å². The number of Topliss-reactive ketones (excluding diaryl/α,β-unsaturated/α-hetero) is 1. The van der Waals surface area contributed by atoms with Crippen molar-refractivity contribution in [2.45, 2.75) is 6.04 Å². The molecule has 0 saturated carbocycles. The maximum atomic E-state index is 13.5. The van der Waals surface area contributed by atoms with E-state index in [1.54, 1.807) is 18.3 Å². The number of anilines is 1. The monoisotopic (exact) mass is 372 g/mol. The third kappa shape index (κ3) is 3.42. The largest absolute Gasteiger partial charge is 0.508 e. The Labute approximate surface area is 162 Å². The summed E-state index contributed by atoms with van der Waals surface area (Å²) >= 11 is 0. The van der Waals surface area contributed by atoms with Crippen LogP contribution in [0.1, 0.15) is 22.0 Å². The van der Waals surface area contributed by atoms with Gasteiger partial charge in [0.1, 0.15) is 17.5 Å². The van der Waals surface area contributed by atoms with E-state index < -0.39 is 6.04 Å². The number of phenolic OH excluding ortho intramolecular Hbond substituents is 1. The summed E-state index contributed by atoms with van der Waals surface area (Å²) in [5, 5.41) is 14.1. The number of carbonyl (C=O) groups excluding carboxylic acids is 1. The predicted molar refractivity (Wildman–Crippen MR) is 110 cm³/mol. The molecule has 4 aromatic rings. The lowest BCUT2D eigenvalue weighted by Crippen LogP contribution is -2.21. The lowest BCUT2D eigenvalue weighted by molar-refractivity contribution is 0.0971. The van der Waals surface area contributed by atoms with Gasteiger partial charge in [0.15, 0.2) is 5.78 Å². The number of aromatic nitrogens is 1. The van der Waals surface area contributed by atoms with E-state index in [2.05, 4.69) is 10.3 Å². The minimum Gasteiger partial charge on any atom is -0.508 e. The smallest absolute Gasteiger partial charge is 0.191 e. The minimum absolute atomic E-state index is 0.0632. The minimum atomic E-state index is -0.619. The molecule has 0 amide bonds. The van der Waals surface area contributed by atoms with Gasteiger partial charge in [0.25, 0.3) is 0 Å². The molecule has 5 nitrogen and oxygen atoms in total. The van der Waals surface area contributed by atoms with Gasteiger partial charge in [0.05, 0.1) is 7.11 Å². The Hall–Kier alpha value is -3.73. The molecule has 1 aromatic heterocycles. The summed E-state index contributed by atoms with van der Waals surface area (Å²) in [6.07, 6.45) is 1.74. The highest BCUT2D eigenvalue weighted by Crippen LogP contribution is 2.31. The molecule has 0 aliphatic rings. The quantitative estimate of drug-likeness (QED) is 0.420. The summed E-state index contributed by atoms with van der Waals surface area (Å²) in [6, 6.07) is 21.5. The Morgan fingerprint density at radius 3 is 2.57 bits per heavy atom. The van der Waals surface area contributed by atoms with Crippen molar-refractivity contribution in [1.29, 1.82) is 0 Å². The Bertz CT molecular complexity index is 1120. The van der Waals surface area contributed by atoms with Crippen LogP contribution in [0.3, 0.4) is 0 Å². The molecule has 0 saturated heterocycles. The summed E-state index contributed by atoms with van der Waals surface area (Å²) in [4.78, 5) is 16.6. The third-order valence-corrected chi connectivity index (χ3v) is 4.69. The number of phenols is 1. The molecule has 1 heterocycles. The van der Waals surface area contributed by atoms with Gasteiger partial charge in [-0.2, -0.15) is 0 Å². The summed E-state index contributed by atoms with van der Waals surface area (Å²) < 4.78 is 5.22. The molecule has 0 aliphatic carbocycles. The molecule has 4 rings (SSSR count). The Balaban J connectivity index is 1.76. The van der Waals surface area contributed by atoms with Crippen molar-refractivity contribution in [2.75, 3.05) is 12.4 Å². The number of nitrogens with one attached hydrogen (secondary N) is 2.